The second-order valence-electron chi connectivity index (χ2n) is 6.48. The SMILES string of the molecule is CCc1cc(C(Nc2ccccn2)c2cccs2)c(NC(=O)c2ccccc2)s1. The molecule has 29 heavy (non-hydrogen) atoms. The van der Waals surface area contributed by atoms with Crippen molar-refractivity contribution in [2.45, 2.75) is 19.4 Å². The number of hydrogen-bond donors (Lipinski definition) is 2. The van der Waals surface area contributed by atoms with E-state index in [9.17, 15) is 4.79 Å². The van der Waals surface area contributed by atoms with Gasteiger partial charge in [-0.05, 0) is 48.2 Å². The van der Waals surface area contributed by atoms with Crippen molar-refractivity contribution in [2.24, 2.45) is 0 Å². The van der Waals surface area contributed by atoms with E-state index in [1.54, 1.807) is 28.9 Å². The highest BCUT2D eigenvalue weighted by molar-refractivity contribution is 7.16. The van der Waals surface area contributed by atoms with Crippen molar-refractivity contribution in [3.05, 3.63) is 99.2 Å². The van der Waals surface area contributed by atoms with Crippen LogP contribution in [0.1, 0.15) is 38.6 Å². The summed E-state index contributed by atoms with van der Waals surface area (Å²) in [6, 6.07) is 21.4. The van der Waals surface area contributed by atoms with E-state index >= 15 is 0 Å². The lowest BCUT2D eigenvalue weighted by Gasteiger charge is -2.19. The number of rotatable bonds is 7. The number of nitrogens with zero attached hydrogens (tertiary/aromatic N) is 1. The van der Waals surface area contributed by atoms with E-state index in [1.807, 2.05) is 54.6 Å². The van der Waals surface area contributed by atoms with Gasteiger partial charge in [0.2, 0.25) is 0 Å². The first-order chi connectivity index (χ1) is 14.2. The molecule has 4 nitrogen and oxygen atoms in total. The fourth-order valence-electron chi connectivity index (χ4n) is 3.06. The molecular weight excluding hydrogens is 398 g/mol. The molecule has 4 rings (SSSR count). The van der Waals surface area contributed by atoms with Gasteiger partial charge in [-0.3, -0.25) is 4.79 Å². The lowest BCUT2D eigenvalue weighted by molar-refractivity contribution is 0.102. The Morgan fingerprint density at radius 3 is 2.59 bits per heavy atom. The number of benzene rings is 1. The van der Waals surface area contributed by atoms with E-state index in [1.165, 1.54) is 9.75 Å². The average molecular weight is 420 g/mol. The van der Waals surface area contributed by atoms with Crippen LogP contribution < -0.4 is 10.6 Å². The first-order valence-electron chi connectivity index (χ1n) is 9.44. The Balaban J connectivity index is 1.70. The molecule has 0 saturated carbocycles. The number of anilines is 2. The van der Waals surface area contributed by atoms with Crippen LogP contribution in [-0.2, 0) is 6.42 Å². The zero-order valence-electron chi connectivity index (χ0n) is 16.0. The minimum absolute atomic E-state index is 0.0903. The van der Waals surface area contributed by atoms with Gasteiger partial charge >= 0.3 is 0 Å². The van der Waals surface area contributed by atoms with E-state index in [4.69, 9.17) is 0 Å². The number of nitrogens with one attached hydrogen (secondary N) is 2. The van der Waals surface area contributed by atoms with Crippen molar-refractivity contribution in [1.82, 2.24) is 4.98 Å². The Kier molecular flexibility index (Phi) is 6.03. The normalized spacial score (nSPS) is 11.8. The molecule has 1 unspecified atom stereocenters. The van der Waals surface area contributed by atoms with E-state index in [-0.39, 0.29) is 11.9 Å². The molecule has 1 atom stereocenters. The van der Waals surface area contributed by atoms with Crippen LogP contribution in [0.25, 0.3) is 0 Å². The van der Waals surface area contributed by atoms with Gasteiger partial charge in [-0.2, -0.15) is 0 Å². The van der Waals surface area contributed by atoms with Crippen LogP contribution >= 0.6 is 22.7 Å². The summed E-state index contributed by atoms with van der Waals surface area (Å²) in [5, 5.41) is 9.62. The van der Waals surface area contributed by atoms with Crippen molar-refractivity contribution >= 4 is 39.4 Å². The third-order valence-electron chi connectivity index (χ3n) is 4.52. The number of aryl methyl sites for hydroxylation is 1. The molecule has 0 aliphatic rings. The molecule has 2 N–H and O–H groups in total. The number of carbonyl (C=O) groups excluding carboxylic acids is 1. The number of carbonyl (C=O) groups is 1. The van der Waals surface area contributed by atoms with Crippen LogP contribution in [0.5, 0.6) is 0 Å². The van der Waals surface area contributed by atoms with Gasteiger partial charge < -0.3 is 10.6 Å². The number of pyridine rings is 1. The smallest absolute Gasteiger partial charge is 0.256 e. The van der Waals surface area contributed by atoms with Crippen molar-refractivity contribution in [2.75, 3.05) is 10.6 Å². The first-order valence-corrected chi connectivity index (χ1v) is 11.1. The molecule has 0 saturated heterocycles. The van der Waals surface area contributed by atoms with Crippen LogP contribution in [-0.4, -0.2) is 10.9 Å². The second kappa shape index (κ2) is 9.03. The highest BCUT2D eigenvalue weighted by Gasteiger charge is 2.23. The lowest BCUT2D eigenvalue weighted by atomic mass is 10.1. The molecule has 0 radical (unpaired) electrons. The fourth-order valence-corrected chi connectivity index (χ4v) is 4.89. The number of hydrogen-bond acceptors (Lipinski definition) is 5. The second-order valence-corrected chi connectivity index (χ2v) is 8.59. The van der Waals surface area contributed by atoms with Crippen molar-refractivity contribution in [1.29, 1.82) is 0 Å². The molecule has 3 aromatic heterocycles. The van der Waals surface area contributed by atoms with Crippen molar-refractivity contribution in [3.63, 3.8) is 0 Å². The van der Waals surface area contributed by atoms with E-state index in [2.05, 4.69) is 40.1 Å². The Labute approximate surface area is 178 Å². The summed E-state index contributed by atoms with van der Waals surface area (Å²) >= 11 is 3.32. The molecule has 0 fully saturated rings. The van der Waals surface area contributed by atoms with Crippen LogP contribution in [0.15, 0.2) is 78.3 Å². The Bertz CT molecular complexity index is 1060. The van der Waals surface area contributed by atoms with Gasteiger partial charge in [-0.1, -0.05) is 37.3 Å². The van der Waals surface area contributed by atoms with E-state index in [0.717, 1.165) is 22.8 Å². The maximum atomic E-state index is 12.8. The molecule has 0 bridgehead atoms. The molecule has 0 aliphatic heterocycles. The molecule has 6 heteroatoms. The van der Waals surface area contributed by atoms with Crippen LogP contribution in [0.2, 0.25) is 0 Å². The number of amides is 1. The van der Waals surface area contributed by atoms with Crippen LogP contribution in [0.4, 0.5) is 10.8 Å². The molecule has 1 amide bonds. The van der Waals surface area contributed by atoms with Gasteiger partial charge in [0.05, 0.1) is 6.04 Å². The summed E-state index contributed by atoms with van der Waals surface area (Å²) in [7, 11) is 0. The van der Waals surface area contributed by atoms with Gasteiger partial charge in [-0.25, -0.2) is 4.98 Å². The van der Waals surface area contributed by atoms with Gasteiger partial charge in [0.25, 0.3) is 5.91 Å². The Morgan fingerprint density at radius 2 is 1.90 bits per heavy atom. The average Bonchev–Trinajstić information content (AvgIpc) is 3.44. The highest BCUT2D eigenvalue weighted by Crippen LogP contribution is 2.39. The highest BCUT2D eigenvalue weighted by atomic mass is 32.1. The summed E-state index contributed by atoms with van der Waals surface area (Å²) in [6.07, 6.45) is 2.69. The minimum Gasteiger partial charge on any atom is -0.358 e. The molecule has 1 aromatic carbocycles. The maximum Gasteiger partial charge on any atom is 0.256 e. The van der Waals surface area contributed by atoms with E-state index < -0.39 is 0 Å². The fraction of sp³-hybridized carbons (Fsp3) is 0.130. The van der Waals surface area contributed by atoms with Crippen molar-refractivity contribution in [3.8, 4) is 0 Å². The topological polar surface area (TPSA) is 54.0 Å². The van der Waals surface area contributed by atoms with Gasteiger partial charge in [-0.15, -0.1) is 22.7 Å². The monoisotopic (exact) mass is 419 g/mol. The quantitative estimate of drug-likeness (QED) is 0.374. The zero-order chi connectivity index (χ0) is 20.1. The third-order valence-corrected chi connectivity index (χ3v) is 6.67. The molecule has 4 aromatic rings. The minimum atomic E-state index is -0.0980. The molecule has 0 aliphatic carbocycles. The largest absolute Gasteiger partial charge is 0.358 e. The summed E-state index contributed by atoms with van der Waals surface area (Å²) in [5.41, 5.74) is 1.71. The maximum absolute atomic E-state index is 12.8. The third kappa shape index (κ3) is 4.55. The van der Waals surface area contributed by atoms with Gasteiger partial charge in [0.1, 0.15) is 10.8 Å². The molecular formula is C23H21N3OS2. The predicted octanol–water partition coefficient (Wildman–Crippen LogP) is 6.22. The Morgan fingerprint density at radius 1 is 1.07 bits per heavy atom. The summed E-state index contributed by atoms with van der Waals surface area (Å²) in [5.74, 6) is 0.703. The summed E-state index contributed by atoms with van der Waals surface area (Å²) < 4.78 is 0. The summed E-state index contributed by atoms with van der Waals surface area (Å²) in [4.78, 5) is 19.6. The molecule has 146 valence electrons. The van der Waals surface area contributed by atoms with Crippen LogP contribution in [0, 0.1) is 0 Å². The lowest BCUT2D eigenvalue weighted by Crippen LogP contribution is -2.16. The number of aromatic nitrogens is 1. The van der Waals surface area contributed by atoms with Gasteiger partial charge in [0.15, 0.2) is 0 Å². The van der Waals surface area contributed by atoms with Crippen LogP contribution in [0.3, 0.4) is 0 Å². The summed E-state index contributed by atoms with van der Waals surface area (Å²) in [6.45, 7) is 2.13. The van der Waals surface area contributed by atoms with E-state index in [0.29, 0.717) is 5.56 Å². The predicted molar refractivity (Wildman–Crippen MR) is 122 cm³/mol. The van der Waals surface area contributed by atoms with Crippen molar-refractivity contribution < 1.29 is 4.79 Å². The zero-order valence-corrected chi connectivity index (χ0v) is 17.6. The molecule has 3 heterocycles. The molecule has 0 spiro atoms. The number of thiophene rings is 2. The standard InChI is InChI=1S/C23H21N3OS2/c1-2-17-15-18(23(29-17)26-22(27)16-9-4-3-5-10-16)21(19-11-8-14-28-19)25-20-12-6-7-13-24-20/h3-15,21H,2H2,1H3,(H,24,25)(H,26,27). The first kappa shape index (κ1) is 19.4. The Hall–Kier alpha value is -2.96. The van der Waals surface area contributed by atoms with Gasteiger partial charge in [0, 0.05) is 27.1 Å².